The Kier molecular flexibility index (Phi) is 6.67. The maximum atomic E-state index is 13.3. The van der Waals surface area contributed by atoms with E-state index in [9.17, 15) is 29.6 Å². The van der Waals surface area contributed by atoms with Crippen molar-refractivity contribution in [3.8, 4) is 0 Å². The summed E-state index contributed by atoms with van der Waals surface area (Å²) in [7, 11) is 0. The van der Waals surface area contributed by atoms with Crippen LogP contribution >= 0.6 is 11.3 Å². The third-order valence-corrected chi connectivity index (χ3v) is 6.78. The number of non-ortho nitro benzene ring substituents is 1. The summed E-state index contributed by atoms with van der Waals surface area (Å²) in [5.74, 6) is -2.89. The van der Waals surface area contributed by atoms with E-state index in [2.05, 4.69) is 4.98 Å². The lowest BCUT2D eigenvalue weighted by Gasteiger charge is -2.23. The highest BCUT2D eigenvalue weighted by Gasteiger charge is 2.48. The Morgan fingerprint density at radius 2 is 1.78 bits per heavy atom. The Balaban J connectivity index is 1.91. The van der Waals surface area contributed by atoms with Crippen LogP contribution < -0.4 is 4.90 Å². The van der Waals surface area contributed by atoms with Crippen LogP contribution in [0.15, 0.2) is 54.1 Å². The van der Waals surface area contributed by atoms with Gasteiger partial charge in [-0.2, -0.15) is 0 Å². The monoisotopic (exact) mass is 507 g/mol. The lowest BCUT2D eigenvalue weighted by atomic mass is 9.95. The molecule has 0 bridgehead atoms. The van der Waals surface area contributed by atoms with Crippen molar-refractivity contribution in [2.75, 3.05) is 11.5 Å². The van der Waals surface area contributed by atoms with Gasteiger partial charge in [0.25, 0.3) is 11.5 Å². The summed E-state index contributed by atoms with van der Waals surface area (Å²) in [5, 5.41) is 22.3. The smallest absolute Gasteiger partial charge is 0.350 e. The van der Waals surface area contributed by atoms with Crippen LogP contribution in [-0.4, -0.2) is 39.3 Å². The van der Waals surface area contributed by atoms with Crippen molar-refractivity contribution in [3.63, 3.8) is 0 Å². The first-order valence-electron chi connectivity index (χ1n) is 10.9. The van der Waals surface area contributed by atoms with E-state index in [1.54, 1.807) is 38.1 Å². The molecule has 1 N–H and O–H groups in total. The Morgan fingerprint density at radius 1 is 1.14 bits per heavy atom. The van der Waals surface area contributed by atoms with Crippen LogP contribution in [0, 0.1) is 24.0 Å². The quantitative estimate of drug-likeness (QED) is 0.129. The number of nitro groups is 1. The highest BCUT2D eigenvalue weighted by Crippen LogP contribution is 2.44. The van der Waals surface area contributed by atoms with Gasteiger partial charge in [0, 0.05) is 17.7 Å². The number of rotatable bonds is 6. The second kappa shape index (κ2) is 9.70. The minimum absolute atomic E-state index is 0.0592. The molecular weight excluding hydrogens is 486 g/mol. The van der Waals surface area contributed by atoms with Gasteiger partial charge >= 0.3 is 11.9 Å². The van der Waals surface area contributed by atoms with Crippen LogP contribution in [0.5, 0.6) is 0 Å². The van der Waals surface area contributed by atoms with E-state index in [0.717, 1.165) is 21.8 Å². The molecule has 0 radical (unpaired) electrons. The van der Waals surface area contributed by atoms with Gasteiger partial charge in [0.2, 0.25) is 0 Å². The van der Waals surface area contributed by atoms with E-state index in [-0.39, 0.29) is 27.9 Å². The van der Waals surface area contributed by atoms with E-state index in [4.69, 9.17) is 4.74 Å². The lowest BCUT2D eigenvalue weighted by Crippen LogP contribution is -2.29. The van der Waals surface area contributed by atoms with Gasteiger partial charge in [-0.3, -0.25) is 24.6 Å². The van der Waals surface area contributed by atoms with Crippen LogP contribution in [-0.2, 0) is 14.3 Å². The Hall–Kier alpha value is -4.38. The predicted octanol–water partition coefficient (Wildman–Crippen LogP) is 4.47. The third kappa shape index (κ3) is 4.36. The van der Waals surface area contributed by atoms with Crippen molar-refractivity contribution in [3.05, 3.63) is 91.5 Å². The number of esters is 1. The Morgan fingerprint density at radius 3 is 2.36 bits per heavy atom. The fourth-order valence-electron chi connectivity index (χ4n) is 3.86. The van der Waals surface area contributed by atoms with E-state index in [1.807, 2.05) is 6.92 Å². The van der Waals surface area contributed by atoms with Crippen molar-refractivity contribution in [1.82, 2.24) is 4.98 Å². The number of nitro benzene ring substituents is 1. The molecule has 1 aliphatic rings. The number of carbonyl (C=O) groups is 3. The number of amides is 1. The lowest BCUT2D eigenvalue weighted by molar-refractivity contribution is -0.384. The molecule has 0 aliphatic carbocycles. The van der Waals surface area contributed by atoms with Gasteiger partial charge in [-0.05, 0) is 38.5 Å². The van der Waals surface area contributed by atoms with Gasteiger partial charge in [-0.1, -0.05) is 41.2 Å². The predicted molar refractivity (Wildman–Crippen MR) is 132 cm³/mol. The molecule has 0 saturated carbocycles. The van der Waals surface area contributed by atoms with Crippen molar-refractivity contribution in [2.45, 2.75) is 26.8 Å². The molecule has 1 atom stereocenters. The van der Waals surface area contributed by atoms with E-state index < -0.39 is 34.4 Å². The maximum absolute atomic E-state index is 13.3. The van der Waals surface area contributed by atoms with Crippen molar-refractivity contribution >= 4 is 45.6 Å². The molecule has 2 aromatic carbocycles. The largest absolute Gasteiger partial charge is 0.507 e. The molecule has 0 unspecified atom stereocenters. The first-order valence-corrected chi connectivity index (χ1v) is 11.7. The average Bonchev–Trinajstić information content (AvgIpc) is 3.36. The molecule has 1 fully saturated rings. The van der Waals surface area contributed by atoms with Gasteiger partial charge in [0.05, 0.1) is 28.8 Å². The number of Topliss-reactive ketones (excluding diaryl/α,β-unsaturated/α-hetero) is 1. The van der Waals surface area contributed by atoms with Gasteiger partial charge in [0.1, 0.15) is 10.6 Å². The van der Waals surface area contributed by atoms with Crippen LogP contribution in [0.1, 0.15) is 45.0 Å². The number of aliphatic hydroxyl groups excluding tert-OH is 1. The minimum atomic E-state index is -1.13. The minimum Gasteiger partial charge on any atom is -0.507 e. The topological polar surface area (TPSA) is 140 Å². The summed E-state index contributed by atoms with van der Waals surface area (Å²) < 4.78 is 5.05. The molecule has 36 heavy (non-hydrogen) atoms. The van der Waals surface area contributed by atoms with Crippen LogP contribution in [0.25, 0.3) is 5.76 Å². The molecule has 11 heteroatoms. The molecule has 1 saturated heterocycles. The fourth-order valence-corrected chi connectivity index (χ4v) is 4.85. The summed E-state index contributed by atoms with van der Waals surface area (Å²) >= 11 is 0.883. The Labute approximate surface area is 209 Å². The normalized spacial score (nSPS) is 16.9. The SMILES string of the molecule is CCOC(=O)c1sc(N2C(=O)C(=O)C(=C(O)c3ccc(C)cc3)[C@H]2c2ccc([N+](=O)[O-])cc2)nc1C. The third-order valence-electron chi connectivity index (χ3n) is 5.64. The summed E-state index contributed by atoms with van der Waals surface area (Å²) in [4.78, 5) is 55.0. The van der Waals surface area contributed by atoms with E-state index >= 15 is 0 Å². The van der Waals surface area contributed by atoms with Crippen LogP contribution in [0.3, 0.4) is 0 Å². The number of aryl methyl sites for hydroxylation is 2. The first kappa shape index (κ1) is 24.7. The van der Waals surface area contributed by atoms with Gasteiger partial charge in [-0.15, -0.1) is 0 Å². The number of ketones is 1. The number of benzene rings is 2. The second-order valence-corrected chi connectivity index (χ2v) is 8.99. The zero-order valence-electron chi connectivity index (χ0n) is 19.5. The molecular formula is C25H21N3O7S. The number of aromatic nitrogens is 1. The van der Waals surface area contributed by atoms with Crippen molar-refractivity contribution in [2.24, 2.45) is 0 Å². The van der Waals surface area contributed by atoms with Gasteiger partial charge < -0.3 is 9.84 Å². The standard InChI is InChI=1S/C25H21N3O7S/c1-4-35-24(32)22-14(3)26-25(36-22)27-19(15-9-11-17(12-10-15)28(33)34)18(21(30)23(27)31)20(29)16-7-5-13(2)6-8-16/h5-12,19,29H,4H2,1-3H3/t19-/m1/s1. The number of anilines is 1. The first-order chi connectivity index (χ1) is 17.1. The summed E-state index contributed by atoms with van der Waals surface area (Å²) in [6.07, 6.45) is 0. The number of nitrogens with zero attached hydrogens (tertiary/aromatic N) is 3. The van der Waals surface area contributed by atoms with Crippen LogP contribution in [0.4, 0.5) is 10.8 Å². The number of ether oxygens (including phenoxy) is 1. The van der Waals surface area contributed by atoms with Gasteiger partial charge in [0.15, 0.2) is 5.13 Å². The average molecular weight is 508 g/mol. The van der Waals surface area contributed by atoms with E-state index in [0.29, 0.717) is 16.8 Å². The fraction of sp³-hybridized carbons (Fsp3) is 0.200. The number of aliphatic hydroxyl groups is 1. The van der Waals surface area contributed by atoms with Crippen molar-refractivity contribution < 1.29 is 29.2 Å². The summed E-state index contributed by atoms with van der Waals surface area (Å²) in [6, 6.07) is 10.9. The molecule has 4 rings (SSSR count). The number of carbonyl (C=O) groups excluding carboxylic acids is 3. The molecule has 1 aliphatic heterocycles. The molecule has 1 aromatic heterocycles. The van der Waals surface area contributed by atoms with Gasteiger partial charge in [-0.25, -0.2) is 9.78 Å². The molecule has 0 spiro atoms. The molecule has 2 heterocycles. The zero-order valence-corrected chi connectivity index (χ0v) is 20.4. The highest BCUT2D eigenvalue weighted by molar-refractivity contribution is 7.17. The Bertz CT molecular complexity index is 1410. The summed E-state index contributed by atoms with van der Waals surface area (Å²) in [5.41, 5.74) is 1.55. The second-order valence-electron chi connectivity index (χ2n) is 8.02. The molecule has 3 aromatic rings. The molecule has 10 nitrogen and oxygen atoms in total. The van der Waals surface area contributed by atoms with Crippen molar-refractivity contribution in [1.29, 1.82) is 0 Å². The zero-order chi connectivity index (χ0) is 26.1. The van der Waals surface area contributed by atoms with E-state index in [1.165, 1.54) is 24.3 Å². The number of thiazole rings is 1. The highest BCUT2D eigenvalue weighted by atomic mass is 32.1. The molecule has 1 amide bonds. The molecule has 184 valence electrons. The number of hydrogen-bond donors (Lipinski definition) is 1. The summed E-state index contributed by atoms with van der Waals surface area (Å²) in [6.45, 7) is 5.25. The maximum Gasteiger partial charge on any atom is 0.350 e. The number of hydrogen-bond acceptors (Lipinski definition) is 9. The van der Waals surface area contributed by atoms with Crippen LogP contribution in [0.2, 0.25) is 0 Å².